The van der Waals surface area contributed by atoms with Crippen LogP contribution in [0.5, 0.6) is 0 Å². The first-order valence-corrected chi connectivity index (χ1v) is 6.44. The van der Waals surface area contributed by atoms with Crippen LogP contribution in [-0.2, 0) is 0 Å². The second kappa shape index (κ2) is 5.53. The van der Waals surface area contributed by atoms with E-state index in [9.17, 15) is 0 Å². The van der Waals surface area contributed by atoms with E-state index in [2.05, 4.69) is 41.0 Å². The molecule has 1 heterocycles. The van der Waals surface area contributed by atoms with Gasteiger partial charge in [0.05, 0.1) is 5.92 Å². The van der Waals surface area contributed by atoms with Gasteiger partial charge in [-0.2, -0.15) is 4.98 Å². The van der Waals surface area contributed by atoms with Gasteiger partial charge < -0.3 is 4.52 Å². The Morgan fingerprint density at radius 2 is 1.45 bits per heavy atom. The lowest BCUT2D eigenvalue weighted by atomic mass is 9.91. The van der Waals surface area contributed by atoms with Gasteiger partial charge in [-0.05, 0) is 17.2 Å². The summed E-state index contributed by atoms with van der Waals surface area (Å²) in [6.45, 7) is 3.65. The normalized spacial score (nSPS) is 10.7. The monoisotopic (exact) mass is 262 g/mol. The molecule has 0 amide bonds. The molecule has 3 rings (SSSR count). The molecule has 0 saturated carbocycles. The number of aromatic nitrogens is 2. The quantitative estimate of drug-likeness (QED) is 0.716. The van der Waals surface area contributed by atoms with Gasteiger partial charge in [-0.1, -0.05) is 72.4 Å². The zero-order chi connectivity index (χ0) is 13.8. The lowest BCUT2D eigenvalue weighted by Crippen LogP contribution is -2.05. The minimum Gasteiger partial charge on any atom is -0.335 e. The van der Waals surface area contributed by atoms with E-state index < -0.39 is 0 Å². The summed E-state index contributed by atoms with van der Waals surface area (Å²) in [6, 6.07) is 20.3. The van der Waals surface area contributed by atoms with E-state index in [0.29, 0.717) is 11.7 Å². The van der Waals surface area contributed by atoms with Gasteiger partial charge in [0.25, 0.3) is 0 Å². The highest BCUT2D eigenvalue weighted by molar-refractivity contribution is 5.40. The molecule has 98 valence electrons. The molecule has 0 atom stereocenters. The zero-order valence-corrected chi connectivity index (χ0v) is 10.9. The third-order valence-corrected chi connectivity index (χ3v) is 3.16. The average Bonchev–Trinajstić information content (AvgIpc) is 2.98. The summed E-state index contributed by atoms with van der Waals surface area (Å²) in [5.74, 6) is 1.06. The van der Waals surface area contributed by atoms with Crippen molar-refractivity contribution in [1.29, 1.82) is 0 Å². The first kappa shape index (κ1) is 12.4. The molecule has 3 aromatic rings. The van der Waals surface area contributed by atoms with Crippen LogP contribution in [0.25, 0.3) is 6.08 Å². The molecule has 0 spiro atoms. The van der Waals surface area contributed by atoms with Crippen LogP contribution in [0.2, 0.25) is 0 Å². The maximum atomic E-state index is 5.16. The van der Waals surface area contributed by atoms with E-state index in [-0.39, 0.29) is 5.92 Å². The summed E-state index contributed by atoms with van der Waals surface area (Å²) >= 11 is 0. The lowest BCUT2D eigenvalue weighted by Gasteiger charge is -2.13. The third kappa shape index (κ3) is 2.38. The van der Waals surface area contributed by atoms with Crippen LogP contribution in [0, 0.1) is 0 Å². The number of hydrogen-bond acceptors (Lipinski definition) is 3. The van der Waals surface area contributed by atoms with Crippen molar-refractivity contribution in [2.75, 3.05) is 0 Å². The molecule has 0 radical (unpaired) electrons. The number of rotatable bonds is 4. The van der Waals surface area contributed by atoms with Crippen LogP contribution in [0.15, 0.2) is 71.8 Å². The van der Waals surface area contributed by atoms with Gasteiger partial charge in [-0.25, -0.2) is 0 Å². The Morgan fingerprint density at radius 1 is 0.900 bits per heavy atom. The fourth-order valence-corrected chi connectivity index (χ4v) is 2.23. The van der Waals surface area contributed by atoms with Crippen LogP contribution in [0.1, 0.15) is 28.8 Å². The van der Waals surface area contributed by atoms with E-state index in [0.717, 1.165) is 11.1 Å². The largest absolute Gasteiger partial charge is 0.335 e. The fraction of sp³-hybridized carbons (Fsp3) is 0.0588. The van der Waals surface area contributed by atoms with Crippen LogP contribution in [-0.4, -0.2) is 10.1 Å². The molecule has 3 nitrogen and oxygen atoms in total. The summed E-state index contributed by atoms with van der Waals surface area (Å²) in [7, 11) is 0. The van der Waals surface area contributed by atoms with Crippen molar-refractivity contribution in [1.82, 2.24) is 10.1 Å². The van der Waals surface area contributed by atoms with Crippen LogP contribution in [0.3, 0.4) is 0 Å². The van der Waals surface area contributed by atoms with Gasteiger partial charge >= 0.3 is 0 Å². The molecule has 20 heavy (non-hydrogen) atoms. The Hall–Kier alpha value is -2.68. The van der Waals surface area contributed by atoms with Gasteiger partial charge in [0.1, 0.15) is 0 Å². The summed E-state index contributed by atoms with van der Waals surface area (Å²) in [4.78, 5) is 4.39. The van der Waals surface area contributed by atoms with Gasteiger partial charge in [0, 0.05) is 0 Å². The Morgan fingerprint density at radius 3 is 1.90 bits per heavy atom. The van der Waals surface area contributed by atoms with E-state index in [1.165, 1.54) is 0 Å². The van der Waals surface area contributed by atoms with E-state index in [1.54, 1.807) is 6.08 Å². The van der Waals surface area contributed by atoms with Crippen LogP contribution in [0.4, 0.5) is 0 Å². The minimum atomic E-state index is -0.0325. The standard InChI is InChI=1S/C17H14N2O/c1-2-15-18-17(19-20-15)16(13-9-5-3-6-10-13)14-11-7-4-8-12-14/h2-12,16H,1H2. The van der Waals surface area contributed by atoms with E-state index in [1.807, 2.05) is 36.4 Å². The molecule has 2 aromatic carbocycles. The summed E-state index contributed by atoms with van der Waals surface area (Å²) < 4.78 is 5.16. The highest BCUT2D eigenvalue weighted by atomic mass is 16.5. The third-order valence-electron chi connectivity index (χ3n) is 3.16. The molecule has 0 aliphatic carbocycles. The first-order valence-electron chi connectivity index (χ1n) is 6.44. The van der Waals surface area contributed by atoms with Gasteiger partial charge in [-0.15, -0.1) is 0 Å². The van der Waals surface area contributed by atoms with E-state index in [4.69, 9.17) is 4.52 Å². The Labute approximate surface area is 117 Å². The van der Waals surface area contributed by atoms with Gasteiger partial charge in [0.15, 0.2) is 5.82 Å². The number of nitrogens with zero attached hydrogens (tertiary/aromatic N) is 2. The summed E-state index contributed by atoms with van der Waals surface area (Å²) in [6.07, 6.45) is 1.56. The molecule has 0 bridgehead atoms. The maximum absolute atomic E-state index is 5.16. The molecular weight excluding hydrogens is 248 g/mol. The Bertz CT molecular complexity index is 650. The van der Waals surface area contributed by atoms with Crippen molar-refractivity contribution in [2.45, 2.75) is 5.92 Å². The average molecular weight is 262 g/mol. The van der Waals surface area contributed by atoms with E-state index >= 15 is 0 Å². The number of benzene rings is 2. The van der Waals surface area contributed by atoms with Gasteiger partial charge in [-0.3, -0.25) is 0 Å². The Balaban J connectivity index is 2.11. The molecular formula is C17H14N2O. The van der Waals surface area contributed by atoms with Gasteiger partial charge in [0.2, 0.25) is 5.89 Å². The maximum Gasteiger partial charge on any atom is 0.250 e. The molecule has 0 aliphatic rings. The predicted molar refractivity (Wildman–Crippen MR) is 78.2 cm³/mol. The van der Waals surface area contributed by atoms with Crippen molar-refractivity contribution >= 4 is 6.08 Å². The van der Waals surface area contributed by atoms with Crippen molar-refractivity contribution in [3.05, 3.63) is 90.1 Å². The first-order chi connectivity index (χ1) is 9.88. The number of hydrogen-bond donors (Lipinski definition) is 0. The van der Waals surface area contributed by atoms with Crippen molar-refractivity contribution in [2.24, 2.45) is 0 Å². The molecule has 0 N–H and O–H groups in total. The van der Waals surface area contributed by atoms with Crippen molar-refractivity contribution in [3.8, 4) is 0 Å². The highest BCUT2D eigenvalue weighted by Crippen LogP contribution is 2.29. The van der Waals surface area contributed by atoms with Crippen molar-refractivity contribution in [3.63, 3.8) is 0 Å². The molecule has 3 heteroatoms. The van der Waals surface area contributed by atoms with Crippen LogP contribution < -0.4 is 0 Å². The fourth-order valence-electron chi connectivity index (χ4n) is 2.23. The zero-order valence-electron chi connectivity index (χ0n) is 10.9. The predicted octanol–water partition coefficient (Wildman–Crippen LogP) is 3.89. The second-order valence-corrected chi connectivity index (χ2v) is 4.45. The molecule has 0 unspecified atom stereocenters. The summed E-state index contributed by atoms with van der Waals surface area (Å²) in [5, 5.41) is 4.08. The SMILES string of the molecule is C=Cc1nc(C(c2ccccc2)c2ccccc2)no1. The Kier molecular flexibility index (Phi) is 3.42. The molecule has 0 saturated heterocycles. The molecule has 1 aromatic heterocycles. The lowest BCUT2D eigenvalue weighted by molar-refractivity contribution is 0.402. The highest BCUT2D eigenvalue weighted by Gasteiger charge is 2.21. The summed E-state index contributed by atoms with van der Waals surface area (Å²) in [5.41, 5.74) is 2.27. The molecule has 0 fully saturated rings. The van der Waals surface area contributed by atoms with Crippen LogP contribution >= 0.6 is 0 Å². The second-order valence-electron chi connectivity index (χ2n) is 4.45. The van der Waals surface area contributed by atoms with Crippen molar-refractivity contribution < 1.29 is 4.52 Å². The topological polar surface area (TPSA) is 38.9 Å². The smallest absolute Gasteiger partial charge is 0.250 e. The minimum absolute atomic E-state index is 0.0325. The molecule has 0 aliphatic heterocycles.